The second-order valence-electron chi connectivity index (χ2n) is 7.20. The molecule has 0 unspecified atom stereocenters. The van der Waals surface area contributed by atoms with Crippen LogP contribution in [0.4, 0.5) is 0 Å². The Morgan fingerprint density at radius 1 is 0.815 bits per heavy atom. The van der Waals surface area contributed by atoms with Crippen LogP contribution >= 0.6 is 0 Å². The van der Waals surface area contributed by atoms with E-state index in [9.17, 15) is 0 Å². The number of benzene rings is 1. The molecule has 154 valence electrons. The first-order valence-electron chi connectivity index (χ1n) is 10.8. The van der Waals surface area contributed by atoms with Crippen LogP contribution in [0.3, 0.4) is 0 Å². The molecule has 0 N–H and O–H groups in total. The Morgan fingerprint density at radius 2 is 1.26 bits per heavy atom. The molecule has 0 radical (unpaired) electrons. The van der Waals surface area contributed by atoms with Gasteiger partial charge in [-0.1, -0.05) is 104 Å². The van der Waals surface area contributed by atoms with Crippen molar-refractivity contribution in [2.45, 2.75) is 105 Å². The molecule has 0 spiro atoms. The number of hydrogen-bond acceptors (Lipinski definition) is 1. The third-order valence-corrected chi connectivity index (χ3v) is 3.63. The number of hydrogen-bond donors (Lipinski definition) is 0. The first kappa shape index (κ1) is 31.4. The summed E-state index contributed by atoms with van der Waals surface area (Å²) in [6.07, 6.45) is 9.23. The van der Waals surface area contributed by atoms with Gasteiger partial charge < -0.3 is 10.1 Å². The maximum atomic E-state index is 4.94. The summed E-state index contributed by atoms with van der Waals surface area (Å²) in [5, 5.41) is 4.28. The normalized spacial score (nSPS) is 12.0. The van der Waals surface area contributed by atoms with Crippen molar-refractivity contribution >= 4 is 0 Å². The van der Waals surface area contributed by atoms with E-state index in [0.717, 1.165) is 19.6 Å². The summed E-state index contributed by atoms with van der Waals surface area (Å²) in [6.45, 7) is 17.0. The SMILES string of the molecule is C1CCOC1.CC(C)[N-]C(C)C.CCCCCC.CCc1ccccc1.[Li+]. The van der Waals surface area contributed by atoms with E-state index in [1.165, 1.54) is 44.1 Å². The van der Waals surface area contributed by atoms with Crippen molar-refractivity contribution < 1.29 is 23.6 Å². The van der Waals surface area contributed by atoms with Gasteiger partial charge in [0.25, 0.3) is 0 Å². The van der Waals surface area contributed by atoms with Crippen LogP contribution in [0.2, 0.25) is 0 Å². The van der Waals surface area contributed by atoms with Gasteiger partial charge in [0.15, 0.2) is 0 Å². The van der Waals surface area contributed by atoms with Crippen LogP contribution in [0.5, 0.6) is 0 Å². The molecule has 0 saturated carbocycles. The molecule has 1 aliphatic rings. The zero-order chi connectivity index (χ0) is 20.0. The van der Waals surface area contributed by atoms with Crippen LogP contribution in [0, 0.1) is 0 Å². The molecule has 0 bridgehead atoms. The molecule has 3 heteroatoms. The fourth-order valence-corrected chi connectivity index (χ4v) is 2.32. The van der Waals surface area contributed by atoms with Gasteiger partial charge in [0.05, 0.1) is 0 Å². The third kappa shape index (κ3) is 30.7. The Bertz CT molecular complexity index is 333. The maximum Gasteiger partial charge on any atom is 1.00 e. The minimum atomic E-state index is 0. The van der Waals surface area contributed by atoms with Crippen molar-refractivity contribution in [2.75, 3.05) is 13.2 Å². The fraction of sp³-hybridized carbons (Fsp3) is 0.750. The van der Waals surface area contributed by atoms with Crippen LogP contribution in [-0.4, -0.2) is 25.3 Å². The van der Waals surface area contributed by atoms with Crippen molar-refractivity contribution in [3.05, 3.63) is 41.2 Å². The molecule has 0 atom stereocenters. The molecule has 2 rings (SSSR count). The number of ether oxygens (including phenoxy) is 1. The smallest absolute Gasteiger partial charge is 0.658 e. The van der Waals surface area contributed by atoms with Gasteiger partial charge in [-0.15, -0.1) is 12.1 Å². The first-order chi connectivity index (χ1) is 12.5. The zero-order valence-corrected chi connectivity index (χ0v) is 19.8. The Morgan fingerprint density at radius 3 is 1.44 bits per heavy atom. The van der Waals surface area contributed by atoms with Gasteiger partial charge >= 0.3 is 18.9 Å². The summed E-state index contributed by atoms with van der Waals surface area (Å²) in [4.78, 5) is 0. The molecule has 1 aromatic rings. The summed E-state index contributed by atoms with van der Waals surface area (Å²) in [7, 11) is 0. The average molecular weight is 372 g/mol. The molecule has 1 saturated heterocycles. The second-order valence-corrected chi connectivity index (χ2v) is 7.20. The minimum Gasteiger partial charge on any atom is -0.658 e. The van der Waals surface area contributed by atoms with Gasteiger partial charge in [-0.25, -0.2) is 0 Å². The summed E-state index contributed by atoms with van der Waals surface area (Å²) in [5.41, 5.74) is 1.41. The summed E-state index contributed by atoms with van der Waals surface area (Å²) < 4.78 is 4.94. The van der Waals surface area contributed by atoms with E-state index in [0.29, 0.717) is 12.1 Å². The molecule has 0 aliphatic carbocycles. The van der Waals surface area contributed by atoms with Crippen molar-refractivity contribution in [1.82, 2.24) is 0 Å². The molecular formula is C24H46LiNO. The van der Waals surface area contributed by atoms with Crippen LogP contribution in [0.1, 0.15) is 92.6 Å². The van der Waals surface area contributed by atoms with Crippen LogP contribution in [0.15, 0.2) is 30.3 Å². The molecule has 1 fully saturated rings. The van der Waals surface area contributed by atoms with E-state index in [1.807, 2.05) is 6.07 Å². The Kier molecular flexibility index (Phi) is 30.0. The molecule has 0 amide bonds. The predicted molar refractivity (Wildman–Crippen MR) is 119 cm³/mol. The standard InChI is InChI=1S/C8H10.C6H14N.C6H14.C4H8O.Li/c1-2-8-6-4-3-5-7-8;1-5(2)7-6(3)4;1-3-5-6-4-2;1-2-4-5-3-1;/h3-7H,2H2,1H3;5-6H,1-4H3;3-6H2,1-2H3;1-4H2;/q;-1;;;+1. The van der Waals surface area contributed by atoms with Crippen LogP contribution in [-0.2, 0) is 11.2 Å². The largest absolute Gasteiger partial charge is 1.00 e. The second kappa shape index (κ2) is 25.7. The molecule has 1 heterocycles. The van der Waals surface area contributed by atoms with Crippen LogP contribution < -0.4 is 18.9 Å². The Hall–Kier alpha value is -0.263. The molecule has 1 aliphatic heterocycles. The van der Waals surface area contributed by atoms with Gasteiger partial charge in [-0.05, 0) is 24.8 Å². The van der Waals surface area contributed by atoms with Crippen molar-refractivity contribution in [3.8, 4) is 0 Å². The van der Waals surface area contributed by atoms with E-state index in [4.69, 9.17) is 4.74 Å². The van der Waals surface area contributed by atoms with E-state index in [-0.39, 0.29) is 18.9 Å². The molecule has 1 aromatic carbocycles. The minimum absolute atomic E-state index is 0. The monoisotopic (exact) mass is 371 g/mol. The van der Waals surface area contributed by atoms with Crippen molar-refractivity contribution in [2.24, 2.45) is 0 Å². The topological polar surface area (TPSA) is 23.3 Å². The molecule has 2 nitrogen and oxygen atoms in total. The van der Waals surface area contributed by atoms with Gasteiger partial charge in [-0.3, -0.25) is 0 Å². The van der Waals surface area contributed by atoms with Crippen molar-refractivity contribution in [3.63, 3.8) is 0 Å². The number of nitrogens with zero attached hydrogens (tertiary/aromatic N) is 1. The maximum absolute atomic E-state index is 4.94. The van der Waals surface area contributed by atoms with Gasteiger partial charge in [0.2, 0.25) is 0 Å². The predicted octanol–water partition coefficient (Wildman–Crippen LogP) is 4.81. The molecular weight excluding hydrogens is 325 g/mol. The van der Waals surface area contributed by atoms with Gasteiger partial charge in [0, 0.05) is 13.2 Å². The summed E-state index contributed by atoms with van der Waals surface area (Å²) in [6, 6.07) is 11.5. The van der Waals surface area contributed by atoms with Crippen LogP contribution in [0.25, 0.3) is 5.32 Å². The number of rotatable bonds is 6. The summed E-state index contributed by atoms with van der Waals surface area (Å²) >= 11 is 0. The number of aryl methyl sites for hydroxylation is 1. The Labute approximate surface area is 183 Å². The first-order valence-corrected chi connectivity index (χ1v) is 10.8. The van der Waals surface area contributed by atoms with E-state index in [2.05, 4.69) is 78.0 Å². The summed E-state index contributed by atoms with van der Waals surface area (Å²) in [5.74, 6) is 0. The zero-order valence-electron chi connectivity index (χ0n) is 19.8. The average Bonchev–Trinajstić information content (AvgIpc) is 3.20. The quantitative estimate of drug-likeness (QED) is 0.520. The molecule has 0 aromatic heterocycles. The molecule has 27 heavy (non-hydrogen) atoms. The third-order valence-electron chi connectivity index (χ3n) is 3.63. The van der Waals surface area contributed by atoms with Gasteiger partial charge in [-0.2, -0.15) is 0 Å². The van der Waals surface area contributed by atoms with Gasteiger partial charge in [0.1, 0.15) is 0 Å². The van der Waals surface area contributed by atoms with E-state index >= 15 is 0 Å². The van der Waals surface area contributed by atoms with Crippen molar-refractivity contribution in [1.29, 1.82) is 0 Å². The van der Waals surface area contributed by atoms with E-state index in [1.54, 1.807) is 0 Å². The van der Waals surface area contributed by atoms with E-state index < -0.39 is 0 Å². The Balaban J connectivity index is -0.000000285. The fourth-order valence-electron chi connectivity index (χ4n) is 2.32. The number of unbranched alkanes of at least 4 members (excludes halogenated alkanes) is 3.